The maximum absolute atomic E-state index is 13.5. The first-order valence-corrected chi connectivity index (χ1v) is 13.0. The van der Waals surface area contributed by atoms with E-state index in [0.717, 1.165) is 50.5 Å². The molecule has 1 amide bonds. The van der Waals surface area contributed by atoms with E-state index in [0.29, 0.717) is 24.0 Å². The van der Waals surface area contributed by atoms with E-state index in [1.165, 1.54) is 11.8 Å². The van der Waals surface area contributed by atoms with Crippen LogP contribution in [0.4, 0.5) is 5.82 Å². The van der Waals surface area contributed by atoms with Crippen LogP contribution in [0.25, 0.3) is 0 Å². The van der Waals surface area contributed by atoms with Crippen LogP contribution in [-0.4, -0.2) is 48.7 Å². The van der Waals surface area contributed by atoms with E-state index in [-0.39, 0.29) is 29.3 Å². The normalized spacial score (nSPS) is 21.9. The molecule has 2 aromatic heterocycles. The Hall–Kier alpha value is -2.39. The van der Waals surface area contributed by atoms with E-state index in [2.05, 4.69) is 15.5 Å². The maximum atomic E-state index is 13.5. The van der Waals surface area contributed by atoms with Gasteiger partial charge in [-0.05, 0) is 39.0 Å². The molecule has 192 valence electrons. The average Bonchev–Trinajstić information content (AvgIpc) is 3.54. The average molecular weight is 506 g/mol. The van der Waals surface area contributed by atoms with Crippen molar-refractivity contribution < 1.29 is 14.6 Å². The molecular formula is C25H36ClN5O4. The third-order valence-electron chi connectivity index (χ3n) is 7.04. The van der Waals surface area contributed by atoms with Gasteiger partial charge < -0.3 is 15.2 Å². The highest BCUT2D eigenvalue weighted by atomic mass is 35.5. The molecule has 0 saturated heterocycles. The molecule has 2 aliphatic rings. The number of methoxy groups -OCH3 is 1. The molecule has 2 aliphatic carbocycles. The number of nitrogens with zero attached hydrogens (tertiary/aromatic N) is 4. The van der Waals surface area contributed by atoms with E-state index in [4.69, 9.17) is 16.3 Å². The topological polar surface area (TPSA) is 111 Å². The summed E-state index contributed by atoms with van der Waals surface area (Å²) in [6, 6.07) is 2.43. The first-order chi connectivity index (χ1) is 16.6. The number of rotatable bonds is 9. The predicted octanol–water partition coefficient (Wildman–Crippen LogP) is 3.85. The Kier molecular flexibility index (Phi) is 7.86. The van der Waals surface area contributed by atoms with Gasteiger partial charge in [-0.2, -0.15) is 5.10 Å². The van der Waals surface area contributed by atoms with Crippen LogP contribution in [0, 0.1) is 5.92 Å². The smallest absolute Gasteiger partial charge is 0.268 e. The van der Waals surface area contributed by atoms with Gasteiger partial charge in [0.05, 0.1) is 19.3 Å². The van der Waals surface area contributed by atoms with Crippen molar-refractivity contribution in [1.29, 1.82) is 0 Å². The molecule has 2 fully saturated rings. The first kappa shape index (κ1) is 25.7. The number of alkyl halides is 1. The van der Waals surface area contributed by atoms with Crippen molar-refractivity contribution in [1.82, 2.24) is 19.6 Å². The Morgan fingerprint density at radius 1 is 1.26 bits per heavy atom. The highest BCUT2D eigenvalue weighted by Gasteiger charge is 2.33. The van der Waals surface area contributed by atoms with Crippen molar-refractivity contribution in [3.63, 3.8) is 0 Å². The zero-order chi connectivity index (χ0) is 25.2. The fourth-order valence-electron chi connectivity index (χ4n) is 5.38. The summed E-state index contributed by atoms with van der Waals surface area (Å²) in [4.78, 5) is 26.7. The molecule has 0 radical (unpaired) electrons. The van der Waals surface area contributed by atoms with Gasteiger partial charge in [-0.3, -0.25) is 14.3 Å². The third-order valence-corrected chi connectivity index (χ3v) is 7.57. The Morgan fingerprint density at radius 2 is 2.00 bits per heavy atom. The molecule has 3 atom stereocenters. The highest BCUT2D eigenvalue weighted by Crippen LogP contribution is 2.41. The van der Waals surface area contributed by atoms with Gasteiger partial charge in [0.1, 0.15) is 6.04 Å². The number of nitrogens with one attached hydrogen (secondary N) is 1. The fraction of sp³-hybridized carbons (Fsp3) is 0.680. The number of aliphatic hydroxyl groups is 1. The van der Waals surface area contributed by atoms with Crippen LogP contribution >= 0.6 is 11.6 Å². The quantitative estimate of drug-likeness (QED) is 0.501. The monoisotopic (exact) mass is 505 g/mol. The number of hydrogen-bond donors (Lipinski definition) is 2. The number of aromatic nitrogens is 4. The van der Waals surface area contributed by atoms with Gasteiger partial charge in [0.25, 0.3) is 11.5 Å². The van der Waals surface area contributed by atoms with Crippen molar-refractivity contribution in [2.24, 2.45) is 5.92 Å². The number of carbonyl (C=O) groups excluding carboxylic acids is 1. The van der Waals surface area contributed by atoms with Gasteiger partial charge in [0, 0.05) is 35.2 Å². The second-order valence-electron chi connectivity index (χ2n) is 10.5. The third kappa shape index (κ3) is 6.25. The molecule has 2 aromatic rings. The summed E-state index contributed by atoms with van der Waals surface area (Å²) in [6.07, 6.45) is 9.32. The van der Waals surface area contributed by atoms with Crippen LogP contribution in [0.2, 0.25) is 0 Å². The lowest BCUT2D eigenvalue weighted by atomic mass is 9.97. The summed E-state index contributed by atoms with van der Waals surface area (Å²) < 4.78 is 8.41. The van der Waals surface area contributed by atoms with E-state index >= 15 is 0 Å². The SMILES string of the molecule is COc1nn(C(CC2CCCC2)C(=O)Nc2ccn(CC(C)(C)O)n2)c(=O)cc1C1CCCC1Cl. The Morgan fingerprint density at radius 3 is 2.63 bits per heavy atom. The lowest BCUT2D eigenvalue weighted by Crippen LogP contribution is -2.37. The number of ether oxygens (including phenoxy) is 1. The molecule has 3 unspecified atom stereocenters. The summed E-state index contributed by atoms with van der Waals surface area (Å²) in [5.41, 5.74) is -0.547. The Labute approximate surface area is 210 Å². The van der Waals surface area contributed by atoms with E-state index < -0.39 is 11.6 Å². The van der Waals surface area contributed by atoms with Crippen LogP contribution in [0.3, 0.4) is 0 Å². The first-order valence-electron chi connectivity index (χ1n) is 12.5. The summed E-state index contributed by atoms with van der Waals surface area (Å²) >= 11 is 6.51. The predicted molar refractivity (Wildman–Crippen MR) is 134 cm³/mol. The minimum atomic E-state index is -0.935. The molecule has 2 saturated carbocycles. The molecule has 0 aromatic carbocycles. The van der Waals surface area contributed by atoms with Gasteiger partial charge in [-0.25, -0.2) is 4.68 Å². The zero-order valence-electron chi connectivity index (χ0n) is 20.7. The van der Waals surface area contributed by atoms with Gasteiger partial charge in [-0.1, -0.05) is 32.1 Å². The number of hydrogen-bond acceptors (Lipinski definition) is 6. The molecule has 35 heavy (non-hydrogen) atoms. The van der Waals surface area contributed by atoms with E-state index in [1.807, 2.05) is 0 Å². The molecule has 9 nitrogen and oxygen atoms in total. The summed E-state index contributed by atoms with van der Waals surface area (Å²) in [5, 5.41) is 21.7. The number of amides is 1. The maximum Gasteiger partial charge on any atom is 0.268 e. The molecule has 4 rings (SSSR count). The number of carbonyl (C=O) groups is 1. The van der Waals surface area contributed by atoms with Crippen molar-refractivity contribution in [2.45, 2.75) is 94.7 Å². The molecule has 2 N–H and O–H groups in total. The minimum Gasteiger partial charge on any atom is -0.480 e. The van der Waals surface area contributed by atoms with E-state index in [9.17, 15) is 14.7 Å². The summed E-state index contributed by atoms with van der Waals surface area (Å²) in [6.45, 7) is 3.67. The molecular weight excluding hydrogens is 470 g/mol. The lowest BCUT2D eigenvalue weighted by Gasteiger charge is -2.23. The van der Waals surface area contributed by atoms with Crippen LogP contribution in [0.5, 0.6) is 5.88 Å². The number of anilines is 1. The van der Waals surface area contributed by atoms with Crippen LogP contribution in [0.1, 0.15) is 82.7 Å². The highest BCUT2D eigenvalue weighted by molar-refractivity contribution is 6.21. The van der Waals surface area contributed by atoms with Crippen molar-refractivity contribution in [3.8, 4) is 5.88 Å². The zero-order valence-corrected chi connectivity index (χ0v) is 21.5. The van der Waals surface area contributed by atoms with Crippen LogP contribution in [0.15, 0.2) is 23.1 Å². The largest absolute Gasteiger partial charge is 0.480 e. The van der Waals surface area contributed by atoms with Gasteiger partial charge >= 0.3 is 0 Å². The van der Waals surface area contributed by atoms with Crippen molar-refractivity contribution in [2.75, 3.05) is 12.4 Å². The van der Waals surface area contributed by atoms with Gasteiger partial charge in [0.2, 0.25) is 5.88 Å². The fourth-order valence-corrected chi connectivity index (χ4v) is 5.80. The second kappa shape index (κ2) is 10.7. The molecule has 0 aliphatic heterocycles. The summed E-state index contributed by atoms with van der Waals surface area (Å²) in [5.74, 6) is 0.734. The van der Waals surface area contributed by atoms with Gasteiger partial charge in [-0.15, -0.1) is 16.7 Å². The molecule has 0 spiro atoms. The molecule has 0 bridgehead atoms. The standard InChI is InChI=1S/C25H36ClN5O4/c1-25(2,34)15-30-12-11-21(28-30)27-23(33)20(13-16-7-4-5-8-16)31-22(32)14-18(24(29-31)35-3)17-9-6-10-19(17)26/h11-12,14,16-17,19-20,34H,4-10,13,15H2,1-3H3,(H,27,28,33). The van der Waals surface area contributed by atoms with Crippen LogP contribution in [-0.2, 0) is 11.3 Å². The van der Waals surface area contributed by atoms with Crippen molar-refractivity contribution >= 4 is 23.3 Å². The Balaban J connectivity index is 1.62. The van der Waals surface area contributed by atoms with E-state index in [1.54, 1.807) is 36.9 Å². The van der Waals surface area contributed by atoms with Crippen molar-refractivity contribution in [3.05, 3.63) is 34.2 Å². The van der Waals surface area contributed by atoms with Gasteiger partial charge in [0.15, 0.2) is 5.82 Å². The Bertz CT molecular complexity index is 1090. The molecule has 10 heteroatoms. The lowest BCUT2D eigenvalue weighted by molar-refractivity contribution is -0.120. The number of halogens is 1. The second-order valence-corrected chi connectivity index (χ2v) is 11.1. The van der Waals surface area contributed by atoms with Crippen LogP contribution < -0.4 is 15.6 Å². The summed E-state index contributed by atoms with van der Waals surface area (Å²) in [7, 11) is 1.53. The molecule has 2 heterocycles. The minimum absolute atomic E-state index is 0.0170.